The molecule has 1 fully saturated rings. The third-order valence-corrected chi connectivity index (χ3v) is 4.11. The lowest BCUT2D eigenvalue weighted by atomic mass is 10.3. The molecule has 0 aromatic carbocycles. The molecule has 0 saturated carbocycles. The van der Waals surface area contributed by atoms with Gasteiger partial charge < -0.3 is 9.88 Å². The maximum Gasteiger partial charge on any atom is 0.332 e. The minimum atomic E-state index is -0.356. The van der Waals surface area contributed by atoms with Crippen molar-refractivity contribution in [2.75, 3.05) is 33.2 Å². The molecule has 0 unspecified atom stereocenters. The Balaban J connectivity index is 1.95. The molecule has 1 aliphatic rings. The summed E-state index contributed by atoms with van der Waals surface area (Å²) in [6, 6.07) is 0. The van der Waals surface area contributed by atoms with Crippen molar-refractivity contribution in [2.24, 2.45) is 14.1 Å². The molecule has 3 rings (SSSR count). The molecule has 21 heavy (non-hydrogen) atoms. The highest BCUT2D eigenvalue weighted by atomic mass is 16.2. The third-order valence-electron chi connectivity index (χ3n) is 4.11. The molecule has 1 saturated heterocycles. The molecule has 2 aromatic heterocycles. The van der Waals surface area contributed by atoms with E-state index in [0.717, 1.165) is 36.6 Å². The van der Waals surface area contributed by atoms with Crippen LogP contribution >= 0.6 is 0 Å². The Morgan fingerprint density at radius 2 is 1.71 bits per heavy atom. The Kier molecular flexibility index (Phi) is 3.42. The molecule has 2 aromatic rings. The number of aromatic amines is 1. The number of fused-ring (bicyclic) bond motifs is 1. The summed E-state index contributed by atoms with van der Waals surface area (Å²) in [7, 11) is 5.22. The lowest BCUT2D eigenvalue weighted by Gasteiger charge is -2.31. The summed E-state index contributed by atoms with van der Waals surface area (Å²) in [5.74, 6) is 0.729. The van der Waals surface area contributed by atoms with E-state index in [0.29, 0.717) is 17.7 Å². The van der Waals surface area contributed by atoms with Crippen LogP contribution in [0.15, 0.2) is 9.59 Å². The van der Waals surface area contributed by atoms with Crippen LogP contribution in [-0.2, 0) is 20.6 Å². The molecule has 0 aliphatic carbocycles. The van der Waals surface area contributed by atoms with Crippen molar-refractivity contribution in [3.05, 3.63) is 26.7 Å². The van der Waals surface area contributed by atoms with E-state index in [1.807, 2.05) is 0 Å². The zero-order chi connectivity index (χ0) is 15.1. The van der Waals surface area contributed by atoms with Crippen LogP contribution in [-0.4, -0.2) is 62.1 Å². The Hall–Kier alpha value is -1.93. The normalized spacial score (nSPS) is 17.7. The molecule has 3 heterocycles. The van der Waals surface area contributed by atoms with E-state index in [4.69, 9.17) is 0 Å². The van der Waals surface area contributed by atoms with Gasteiger partial charge in [0.25, 0.3) is 5.56 Å². The third kappa shape index (κ3) is 2.40. The molecular formula is C13H20N6O2. The molecule has 0 bridgehead atoms. The van der Waals surface area contributed by atoms with Crippen molar-refractivity contribution >= 4 is 11.2 Å². The molecule has 8 nitrogen and oxygen atoms in total. The van der Waals surface area contributed by atoms with Gasteiger partial charge in [-0.2, -0.15) is 0 Å². The van der Waals surface area contributed by atoms with Crippen LogP contribution in [0.25, 0.3) is 11.2 Å². The summed E-state index contributed by atoms with van der Waals surface area (Å²) in [5.41, 5.74) is 0.131. The van der Waals surface area contributed by atoms with Gasteiger partial charge in [0.2, 0.25) is 0 Å². The van der Waals surface area contributed by atoms with Crippen LogP contribution in [0.5, 0.6) is 0 Å². The number of hydrogen-bond donors (Lipinski definition) is 1. The predicted molar refractivity (Wildman–Crippen MR) is 79.3 cm³/mol. The summed E-state index contributed by atoms with van der Waals surface area (Å²) in [6.45, 7) is 4.68. The SMILES string of the molecule is CN1CCN(Cc2nc3c([nH]2)c(=O)n(C)c(=O)n3C)CC1. The molecule has 1 N–H and O–H groups in total. The average molecular weight is 292 g/mol. The predicted octanol–water partition coefficient (Wildman–Crippen LogP) is -1.29. The fraction of sp³-hybridized carbons (Fsp3) is 0.615. The first kappa shape index (κ1) is 14.0. The van der Waals surface area contributed by atoms with Crippen molar-refractivity contribution in [1.82, 2.24) is 28.9 Å². The van der Waals surface area contributed by atoms with E-state index in [2.05, 4.69) is 26.8 Å². The second-order valence-electron chi connectivity index (χ2n) is 5.67. The lowest BCUT2D eigenvalue weighted by molar-refractivity contribution is 0.146. The summed E-state index contributed by atoms with van der Waals surface area (Å²) in [6.07, 6.45) is 0. The number of nitrogens with zero attached hydrogens (tertiary/aromatic N) is 5. The first-order valence-corrected chi connectivity index (χ1v) is 7.03. The van der Waals surface area contributed by atoms with E-state index in [-0.39, 0.29) is 11.2 Å². The summed E-state index contributed by atoms with van der Waals surface area (Å²) >= 11 is 0. The highest BCUT2D eigenvalue weighted by Crippen LogP contribution is 2.08. The number of aryl methyl sites for hydroxylation is 1. The molecule has 0 amide bonds. The zero-order valence-corrected chi connectivity index (χ0v) is 12.6. The van der Waals surface area contributed by atoms with Gasteiger partial charge in [0.05, 0.1) is 6.54 Å². The maximum absolute atomic E-state index is 12.1. The van der Waals surface area contributed by atoms with Gasteiger partial charge >= 0.3 is 5.69 Å². The van der Waals surface area contributed by atoms with Gasteiger partial charge in [-0.25, -0.2) is 9.78 Å². The molecule has 0 atom stereocenters. The Morgan fingerprint density at radius 3 is 2.38 bits per heavy atom. The van der Waals surface area contributed by atoms with Crippen LogP contribution in [0.4, 0.5) is 0 Å². The highest BCUT2D eigenvalue weighted by molar-refractivity contribution is 5.69. The minimum Gasteiger partial charge on any atom is -0.335 e. The monoisotopic (exact) mass is 292 g/mol. The van der Waals surface area contributed by atoms with Gasteiger partial charge in [0.1, 0.15) is 11.3 Å². The van der Waals surface area contributed by atoms with Crippen LogP contribution in [0.1, 0.15) is 5.82 Å². The molecule has 114 valence electrons. The van der Waals surface area contributed by atoms with E-state index in [9.17, 15) is 9.59 Å². The second kappa shape index (κ2) is 5.12. The van der Waals surface area contributed by atoms with Crippen LogP contribution in [0, 0.1) is 0 Å². The molecule has 0 spiro atoms. The van der Waals surface area contributed by atoms with E-state index in [1.165, 1.54) is 11.6 Å². The van der Waals surface area contributed by atoms with Crippen molar-refractivity contribution in [3.63, 3.8) is 0 Å². The summed E-state index contributed by atoms with van der Waals surface area (Å²) in [5, 5.41) is 0. The van der Waals surface area contributed by atoms with Crippen LogP contribution < -0.4 is 11.2 Å². The molecule has 1 aliphatic heterocycles. The first-order chi connectivity index (χ1) is 9.97. The minimum absolute atomic E-state index is 0.328. The van der Waals surface area contributed by atoms with E-state index in [1.54, 1.807) is 7.05 Å². The topological polar surface area (TPSA) is 79.2 Å². The van der Waals surface area contributed by atoms with Crippen LogP contribution in [0.2, 0.25) is 0 Å². The summed E-state index contributed by atoms with van der Waals surface area (Å²) < 4.78 is 2.50. The highest BCUT2D eigenvalue weighted by Gasteiger charge is 2.18. The van der Waals surface area contributed by atoms with E-state index < -0.39 is 0 Å². The average Bonchev–Trinajstić information content (AvgIpc) is 2.89. The smallest absolute Gasteiger partial charge is 0.332 e. The molecular weight excluding hydrogens is 272 g/mol. The second-order valence-corrected chi connectivity index (χ2v) is 5.67. The van der Waals surface area contributed by atoms with Gasteiger partial charge in [-0.1, -0.05) is 0 Å². The molecule has 0 radical (unpaired) electrons. The quantitative estimate of drug-likeness (QED) is 0.745. The van der Waals surface area contributed by atoms with Crippen molar-refractivity contribution in [3.8, 4) is 0 Å². The van der Waals surface area contributed by atoms with Crippen LogP contribution in [0.3, 0.4) is 0 Å². The number of imidazole rings is 1. The number of piperazine rings is 1. The maximum atomic E-state index is 12.1. The van der Waals surface area contributed by atoms with Gasteiger partial charge in [0, 0.05) is 40.3 Å². The fourth-order valence-electron chi connectivity index (χ4n) is 2.67. The fourth-order valence-corrected chi connectivity index (χ4v) is 2.67. The van der Waals surface area contributed by atoms with Gasteiger partial charge in [-0.05, 0) is 7.05 Å². The van der Waals surface area contributed by atoms with Crippen molar-refractivity contribution in [1.29, 1.82) is 0 Å². The number of nitrogens with one attached hydrogen (secondary N) is 1. The zero-order valence-electron chi connectivity index (χ0n) is 12.6. The largest absolute Gasteiger partial charge is 0.335 e. The number of rotatable bonds is 2. The Morgan fingerprint density at radius 1 is 1.05 bits per heavy atom. The lowest BCUT2D eigenvalue weighted by Crippen LogP contribution is -2.44. The van der Waals surface area contributed by atoms with Crippen molar-refractivity contribution < 1.29 is 0 Å². The number of H-pyrrole nitrogens is 1. The van der Waals surface area contributed by atoms with Gasteiger partial charge in [0.15, 0.2) is 5.65 Å². The van der Waals surface area contributed by atoms with Gasteiger partial charge in [-0.15, -0.1) is 0 Å². The molecule has 8 heteroatoms. The number of hydrogen-bond acceptors (Lipinski definition) is 5. The van der Waals surface area contributed by atoms with E-state index >= 15 is 0 Å². The summed E-state index contributed by atoms with van der Waals surface area (Å²) in [4.78, 5) is 36.1. The standard InChI is InChI=1S/C13H20N6O2/c1-16-4-6-19(7-5-16)8-9-14-10-11(15-9)17(2)13(21)18(3)12(10)20/h4-8H2,1-3H3,(H,14,15). The Bertz CT molecular complexity index is 778. The van der Waals surface area contributed by atoms with Crippen molar-refractivity contribution in [2.45, 2.75) is 6.54 Å². The Labute approximate surface area is 121 Å². The first-order valence-electron chi connectivity index (χ1n) is 7.03. The number of aromatic nitrogens is 4. The van der Waals surface area contributed by atoms with Gasteiger partial charge in [-0.3, -0.25) is 18.8 Å². The number of likely N-dealkylation sites (N-methyl/N-ethyl adjacent to an activating group) is 1.